The molecule has 1 aromatic carbocycles. The Morgan fingerprint density at radius 2 is 2.22 bits per heavy atom. The van der Waals surface area contributed by atoms with Gasteiger partial charge >= 0.3 is 0 Å². The molecule has 0 atom stereocenters. The van der Waals surface area contributed by atoms with Gasteiger partial charge in [0.15, 0.2) is 0 Å². The van der Waals surface area contributed by atoms with Gasteiger partial charge in [-0.3, -0.25) is 0 Å². The summed E-state index contributed by atoms with van der Waals surface area (Å²) in [5.74, 6) is -0.162. The van der Waals surface area contributed by atoms with Gasteiger partial charge in [0.25, 0.3) is 0 Å². The molecule has 0 aliphatic heterocycles. The number of hydrogen-bond acceptors (Lipinski definition) is 2. The van der Waals surface area contributed by atoms with Crippen molar-refractivity contribution in [3.8, 4) is 0 Å². The van der Waals surface area contributed by atoms with Crippen LogP contribution in [0, 0.1) is 12.7 Å². The van der Waals surface area contributed by atoms with Crippen LogP contribution in [0.5, 0.6) is 0 Å². The number of hydrogen-bond donors (Lipinski definition) is 1. The van der Waals surface area contributed by atoms with E-state index in [-0.39, 0.29) is 11.8 Å². The van der Waals surface area contributed by atoms with Crippen LogP contribution >= 0.6 is 11.8 Å². The van der Waals surface area contributed by atoms with Crippen molar-refractivity contribution in [3.63, 3.8) is 0 Å². The maximum atomic E-state index is 13.5. The SMILES string of the molecule is Cc1cn(C(N)=NCl)nc1Cc1ccccc1F. The van der Waals surface area contributed by atoms with Gasteiger partial charge in [-0.15, -0.1) is 4.51 Å². The minimum Gasteiger partial charge on any atom is -0.367 e. The lowest BCUT2D eigenvalue weighted by Gasteiger charge is -2.01. The molecule has 0 bridgehead atoms. The standard InChI is InChI=1S/C12H12ClFN4/c1-8-7-18(12(15)16-13)17-11(8)6-9-4-2-3-5-10(9)14/h2-5,7H,6H2,1H3,(H2,15,16). The van der Waals surface area contributed by atoms with Gasteiger partial charge in [-0.1, -0.05) is 18.2 Å². The van der Waals surface area contributed by atoms with E-state index in [1.165, 1.54) is 10.7 Å². The number of benzene rings is 1. The highest BCUT2D eigenvalue weighted by atomic mass is 35.5. The van der Waals surface area contributed by atoms with Crippen molar-refractivity contribution in [3.05, 3.63) is 53.1 Å². The molecule has 0 saturated carbocycles. The van der Waals surface area contributed by atoms with Crippen LogP contribution in [0.1, 0.15) is 16.8 Å². The maximum absolute atomic E-state index is 13.5. The van der Waals surface area contributed by atoms with Crippen molar-refractivity contribution in [2.24, 2.45) is 10.2 Å². The summed E-state index contributed by atoms with van der Waals surface area (Å²) in [5.41, 5.74) is 7.78. The Kier molecular flexibility index (Phi) is 3.62. The molecule has 2 aromatic rings. The lowest BCUT2D eigenvalue weighted by Crippen LogP contribution is -2.22. The first kappa shape index (κ1) is 12.6. The fourth-order valence-electron chi connectivity index (χ4n) is 1.65. The molecule has 0 saturated heterocycles. The summed E-state index contributed by atoms with van der Waals surface area (Å²) in [6.07, 6.45) is 2.11. The Morgan fingerprint density at radius 3 is 2.89 bits per heavy atom. The summed E-state index contributed by atoms with van der Waals surface area (Å²) in [6, 6.07) is 6.60. The average Bonchev–Trinajstić information content (AvgIpc) is 2.73. The van der Waals surface area contributed by atoms with Crippen LogP contribution in [-0.4, -0.2) is 15.7 Å². The van der Waals surface area contributed by atoms with Gasteiger partial charge in [0, 0.05) is 24.4 Å². The predicted octanol–water partition coefficient (Wildman–Crippen LogP) is 2.24. The van der Waals surface area contributed by atoms with Crippen molar-refractivity contribution < 1.29 is 4.39 Å². The normalized spacial score (nSPS) is 11.8. The summed E-state index contributed by atoms with van der Waals surface area (Å²) in [6.45, 7) is 1.88. The van der Waals surface area contributed by atoms with Crippen LogP contribution in [0.2, 0.25) is 0 Å². The molecule has 2 N–H and O–H groups in total. The summed E-state index contributed by atoms with van der Waals surface area (Å²) in [7, 11) is 0. The first-order valence-electron chi connectivity index (χ1n) is 5.35. The minimum atomic E-state index is -0.245. The Bertz CT molecular complexity index is 592. The Labute approximate surface area is 109 Å². The number of rotatable bonds is 2. The van der Waals surface area contributed by atoms with Crippen LogP contribution in [0.25, 0.3) is 0 Å². The predicted molar refractivity (Wildman–Crippen MR) is 69.0 cm³/mol. The van der Waals surface area contributed by atoms with Crippen molar-refractivity contribution in [1.29, 1.82) is 0 Å². The van der Waals surface area contributed by atoms with E-state index in [2.05, 4.69) is 9.61 Å². The highest BCUT2D eigenvalue weighted by Crippen LogP contribution is 2.14. The van der Waals surface area contributed by atoms with Crippen LogP contribution in [0.15, 0.2) is 35.0 Å². The van der Waals surface area contributed by atoms with Gasteiger partial charge in [-0.25, -0.2) is 9.07 Å². The maximum Gasteiger partial charge on any atom is 0.233 e. The summed E-state index contributed by atoms with van der Waals surface area (Å²) >= 11 is 5.28. The summed E-state index contributed by atoms with van der Waals surface area (Å²) in [5, 5.41) is 4.23. The molecule has 0 aliphatic rings. The first-order chi connectivity index (χ1) is 8.61. The van der Waals surface area contributed by atoms with Crippen LogP contribution in [0.4, 0.5) is 4.39 Å². The molecule has 0 radical (unpaired) electrons. The summed E-state index contributed by atoms with van der Waals surface area (Å²) in [4.78, 5) is 0. The zero-order valence-corrected chi connectivity index (χ0v) is 10.5. The van der Waals surface area contributed by atoms with E-state index < -0.39 is 0 Å². The van der Waals surface area contributed by atoms with E-state index in [0.717, 1.165) is 11.3 Å². The quantitative estimate of drug-likeness (QED) is 0.669. The lowest BCUT2D eigenvalue weighted by atomic mass is 10.1. The van der Waals surface area contributed by atoms with E-state index >= 15 is 0 Å². The van der Waals surface area contributed by atoms with Gasteiger partial charge in [-0.05, 0) is 24.1 Å². The number of halogens is 2. The second kappa shape index (κ2) is 5.18. The molecular weight excluding hydrogens is 255 g/mol. The molecule has 0 amide bonds. The number of aryl methyl sites for hydroxylation is 1. The Balaban J connectivity index is 2.30. The highest BCUT2D eigenvalue weighted by molar-refractivity contribution is 6.19. The number of nitrogens with zero attached hydrogens (tertiary/aromatic N) is 3. The van der Waals surface area contributed by atoms with Crippen molar-refractivity contribution in [1.82, 2.24) is 9.78 Å². The average molecular weight is 267 g/mol. The Hall–Kier alpha value is -1.88. The van der Waals surface area contributed by atoms with Gasteiger partial charge in [-0.2, -0.15) is 5.10 Å². The molecule has 18 heavy (non-hydrogen) atoms. The van der Waals surface area contributed by atoms with E-state index in [0.29, 0.717) is 12.0 Å². The zero-order valence-electron chi connectivity index (χ0n) is 9.77. The smallest absolute Gasteiger partial charge is 0.233 e. The fraction of sp³-hybridized carbons (Fsp3) is 0.167. The third-order valence-corrected chi connectivity index (χ3v) is 2.81. The largest absolute Gasteiger partial charge is 0.367 e. The van der Waals surface area contributed by atoms with Crippen LogP contribution in [0.3, 0.4) is 0 Å². The molecule has 94 valence electrons. The van der Waals surface area contributed by atoms with Gasteiger partial charge in [0.1, 0.15) is 5.82 Å². The lowest BCUT2D eigenvalue weighted by molar-refractivity contribution is 0.612. The summed E-state index contributed by atoms with van der Waals surface area (Å²) < 4.78 is 18.2. The van der Waals surface area contributed by atoms with E-state index in [1.54, 1.807) is 24.4 Å². The van der Waals surface area contributed by atoms with Gasteiger partial charge < -0.3 is 5.73 Å². The molecule has 1 heterocycles. The third kappa shape index (κ3) is 2.51. The third-order valence-electron chi connectivity index (χ3n) is 2.64. The van der Waals surface area contributed by atoms with E-state index in [9.17, 15) is 4.39 Å². The van der Waals surface area contributed by atoms with Crippen LogP contribution < -0.4 is 5.73 Å². The molecule has 0 aliphatic carbocycles. The van der Waals surface area contributed by atoms with E-state index in [4.69, 9.17) is 17.5 Å². The highest BCUT2D eigenvalue weighted by Gasteiger charge is 2.10. The molecule has 2 rings (SSSR count). The topological polar surface area (TPSA) is 56.2 Å². The van der Waals surface area contributed by atoms with Crippen LogP contribution in [-0.2, 0) is 6.42 Å². The first-order valence-corrected chi connectivity index (χ1v) is 5.69. The molecule has 1 aromatic heterocycles. The second-order valence-electron chi connectivity index (χ2n) is 3.91. The van der Waals surface area contributed by atoms with Crippen molar-refractivity contribution >= 4 is 17.7 Å². The fourth-order valence-corrected chi connectivity index (χ4v) is 1.73. The molecule has 6 heteroatoms. The molecule has 4 nitrogen and oxygen atoms in total. The Morgan fingerprint density at radius 1 is 1.50 bits per heavy atom. The van der Waals surface area contributed by atoms with Crippen molar-refractivity contribution in [2.75, 3.05) is 0 Å². The van der Waals surface area contributed by atoms with Gasteiger partial charge in [0.05, 0.1) is 5.69 Å². The molecule has 0 fully saturated rings. The molecular formula is C12H12ClFN4. The van der Waals surface area contributed by atoms with E-state index in [1.807, 2.05) is 6.92 Å². The molecule has 0 unspecified atom stereocenters. The van der Waals surface area contributed by atoms with Gasteiger partial charge in [0.2, 0.25) is 5.96 Å². The zero-order chi connectivity index (χ0) is 13.1. The minimum absolute atomic E-state index is 0.0829. The number of aromatic nitrogens is 2. The molecule has 0 spiro atoms. The second-order valence-corrected chi connectivity index (χ2v) is 4.08. The number of nitrogens with two attached hydrogens (primary N) is 1. The van der Waals surface area contributed by atoms with Crippen molar-refractivity contribution in [2.45, 2.75) is 13.3 Å². The monoisotopic (exact) mass is 266 g/mol.